The molecule has 3 atom stereocenters. The van der Waals surface area contributed by atoms with Gasteiger partial charge in [0.1, 0.15) is 12.6 Å². The SMILES string of the molecule is C=CC[C@]1(C)C(=O)[C@@H](C)N(C(=O)OCc2ccccc2)[C@@H]1C(=O)OC. The van der Waals surface area contributed by atoms with Gasteiger partial charge in [-0.05, 0) is 25.8 Å². The van der Waals surface area contributed by atoms with E-state index in [9.17, 15) is 14.4 Å². The molecule has 0 radical (unpaired) electrons. The van der Waals surface area contributed by atoms with E-state index >= 15 is 0 Å². The van der Waals surface area contributed by atoms with Crippen LogP contribution in [-0.4, -0.2) is 41.9 Å². The van der Waals surface area contributed by atoms with Crippen molar-refractivity contribution in [1.29, 1.82) is 0 Å². The van der Waals surface area contributed by atoms with Crippen molar-refractivity contribution in [3.05, 3.63) is 48.6 Å². The van der Waals surface area contributed by atoms with E-state index in [1.54, 1.807) is 19.9 Å². The molecule has 1 saturated heterocycles. The normalized spacial score (nSPS) is 25.6. The molecule has 1 amide bonds. The summed E-state index contributed by atoms with van der Waals surface area (Å²) in [6.07, 6.45) is 1.12. The van der Waals surface area contributed by atoms with Gasteiger partial charge in [-0.15, -0.1) is 6.58 Å². The molecule has 2 rings (SSSR count). The lowest BCUT2D eigenvalue weighted by Crippen LogP contribution is -2.49. The van der Waals surface area contributed by atoms with Crippen molar-refractivity contribution in [2.45, 2.75) is 39.0 Å². The highest BCUT2D eigenvalue weighted by atomic mass is 16.6. The van der Waals surface area contributed by atoms with E-state index in [4.69, 9.17) is 9.47 Å². The van der Waals surface area contributed by atoms with Gasteiger partial charge in [0.15, 0.2) is 5.78 Å². The fourth-order valence-corrected chi connectivity index (χ4v) is 3.32. The minimum Gasteiger partial charge on any atom is -0.467 e. The summed E-state index contributed by atoms with van der Waals surface area (Å²) in [4.78, 5) is 38.9. The lowest BCUT2D eigenvalue weighted by molar-refractivity contribution is -0.150. The average Bonchev–Trinajstić information content (AvgIpc) is 2.81. The number of benzene rings is 1. The summed E-state index contributed by atoms with van der Waals surface area (Å²) in [5.41, 5.74) is -0.266. The summed E-state index contributed by atoms with van der Waals surface area (Å²) in [7, 11) is 1.23. The van der Waals surface area contributed by atoms with Crippen molar-refractivity contribution in [2.24, 2.45) is 5.41 Å². The molecule has 0 N–H and O–H groups in total. The third kappa shape index (κ3) is 3.43. The first-order valence-electron chi connectivity index (χ1n) is 8.09. The second-order valence-corrected chi connectivity index (χ2v) is 6.32. The molecule has 0 saturated carbocycles. The number of carbonyl (C=O) groups excluding carboxylic acids is 3. The number of methoxy groups -OCH3 is 1. The van der Waals surface area contributed by atoms with Gasteiger partial charge in [-0.1, -0.05) is 36.4 Å². The molecular weight excluding hydrogens is 322 g/mol. The number of allylic oxidation sites excluding steroid dienone is 1. The van der Waals surface area contributed by atoms with Crippen LogP contribution in [0.25, 0.3) is 0 Å². The van der Waals surface area contributed by atoms with E-state index in [2.05, 4.69) is 6.58 Å². The highest BCUT2D eigenvalue weighted by molar-refractivity contribution is 6.02. The molecule has 0 spiro atoms. The number of hydrogen-bond acceptors (Lipinski definition) is 5. The molecule has 1 aromatic carbocycles. The molecule has 0 aromatic heterocycles. The number of nitrogens with zero attached hydrogens (tertiary/aromatic N) is 1. The highest BCUT2D eigenvalue weighted by Gasteiger charge is 2.60. The Bertz CT molecular complexity index is 672. The van der Waals surface area contributed by atoms with E-state index < -0.39 is 29.6 Å². The molecule has 0 aliphatic carbocycles. The van der Waals surface area contributed by atoms with Crippen LogP contribution >= 0.6 is 0 Å². The minimum atomic E-state index is -1.08. The molecule has 0 unspecified atom stereocenters. The maximum Gasteiger partial charge on any atom is 0.411 e. The Morgan fingerprint density at radius 2 is 1.96 bits per heavy atom. The molecule has 1 heterocycles. The molecule has 0 bridgehead atoms. The molecule has 1 fully saturated rings. The number of ether oxygens (including phenoxy) is 2. The van der Waals surface area contributed by atoms with Crippen molar-refractivity contribution in [1.82, 2.24) is 4.90 Å². The van der Waals surface area contributed by atoms with Crippen molar-refractivity contribution >= 4 is 17.8 Å². The van der Waals surface area contributed by atoms with Crippen LogP contribution in [0.5, 0.6) is 0 Å². The van der Waals surface area contributed by atoms with Gasteiger partial charge >= 0.3 is 12.1 Å². The zero-order chi connectivity index (χ0) is 18.6. The first-order valence-corrected chi connectivity index (χ1v) is 8.09. The molecule has 6 heteroatoms. The van der Waals surface area contributed by atoms with Crippen LogP contribution in [0.1, 0.15) is 25.8 Å². The lowest BCUT2D eigenvalue weighted by atomic mass is 9.77. The number of Topliss-reactive ketones (excluding diaryl/α,β-unsaturated/α-hetero) is 1. The van der Waals surface area contributed by atoms with Crippen LogP contribution in [0.4, 0.5) is 4.79 Å². The van der Waals surface area contributed by atoms with Crippen molar-refractivity contribution < 1.29 is 23.9 Å². The van der Waals surface area contributed by atoms with Crippen LogP contribution < -0.4 is 0 Å². The van der Waals surface area contributed by atoms with E-state index in [-0.39, 0.29) is 18.8 Å². The Morgan fingerprint density at radius 3 is 2.52 bits per heavy atom. The summed E-state index contributed by atoms with van der Waals surface area (Å²) < 4.78 is 10.2. The Balaban J connectivity index is 2.26. The molecular formula is C19H23NO5. The number of esters is 1. The van der Waals surface area contributed by atoms with Gasteiger partial charge < -0.3 is 9.47 Å². The van der Waals surface area contributed by atoms with Crippen LogP contribution in [0.2, 0.25) is 0 Å². The fraction of sp³-hybridized carbons (Fsp3) is 0.421. The van der Waals surface area contributed by atoms with Gasteiger partial charge in [0.25, 0.3) is 0 Å². The Morgan fingerprint density at radius 1 is 1.32 bits per heavy atom. The quantitative estimate of drug-likeness (QED) is 0.606. The van der Waals surface area contributed by atoms with Gasteiger partial charge in [-0.25, -0.2) is 9.59 Å². The number of amides is 1. The molecule has 25 heavy (non-hydrogen) atoms. The Labute approximate surface area is 147 Å². The first kappa shape index (κ1) is 18.7. The summed E-state index contributed by atoms with van der Waals surface area (Å²) in [6.45, 7) is 6.96. The van der Waals surface area contributed by atoms with E-state index in [1.165, 1.54) is 12.0 Å². The zero-order valence-electron chi connectivity index (χ0n) is 14.7. The number of ketones is 1. The topological polar surface area (TPSA) is 72.9 Å². The molecule has 134 valence electrons. The van der Waals surface area contributed by atoms with Crippen molar-refractivity contribution in [3.63, 3.8) is 0 Å². The summed E-state index contributed by atoms with van der Waals surface area (Å²) in [5, 5.41) is 0. The highest BCUT2D eigenvalue weighted by Crippen LogP contribution is 2.41. The Kier molecular flexibility index (Phi) is 5.62. The van der Waals surface area contributed by atoms with E-state index in [1.807, 2.05) is 30.3 Å². The number of hydrogen-bond donors (Lipinski definition) is 0. The smallest absolute Gasteiger partial charge is 0.411 e. The maximum atomic E-state index is 12.7. The van der Waals surface area contributed by atoms with Crippen LogP contribution in [-0.2, 0) is 25.7 Å². The summed E-state index contributed by atoms with van der Waals surface area (Å²) in [5.74, 6) is -0.849. The number of likely N-dealkylation sites (tertiary alicyclic amines) is 1. The molecule has 1 aliphatic heterocycles. The monoisotopic (exact) mass is 345 g/mol. The molecule has 1 aliphatic rings. The van der Waals surface area contributed by atoms with E-state index in [0.717, 1.165) is 5.56 Å². The predicted octanol–water partition coefficient (Wildman–Crippen LogP) is 2.72. The van der Waals surface area contributed by atoms with Crippen LogP contribution in [0.3, 0.4) is 0 Å². The van der Waals surface area contributed by atoms with Gasteiger partial charge in [0.2, 0.25) is 0 Å². The largest absolute Gasteiger partial charge is 0.467 e. The van der Waals surface area contributed by atoms with Gasteiger partial charge in [-0.3, -0.25) is 9.69 Å². The van der Waals surface area contributed by atoms with E-state index in [0.29, 0.717) is 0 Å². The maximum absolute atomic E-state index is 12.7. The van der Waals surface area contributed by atoms with Gasteiger partial charge in [0.05, 0.1) is 18.6 Å². The third-order valence-electron chi connectivity index (χ3n) is 4.65. The van der Waals surface area contributed by atoms with Gasteiger partial charge in [-0.2, -0.15) is 0 Å². The second-order valence-electron chi connectivity index (χ2n) is 6.32. The average molecular weight is 345 g/mol. The van der Waals surface area contributed by atoms with Crippen LogP contribution in [0.15, 0.2) is 43.0 Å². The summed E-state index contributed by atoms with van der Waals surface area (Å²) >= 11 is 0. The zero-order valence-corrected chi connectivity index (χ0v) is 14.7. The minimum absolute atomic E-state index is 0.0587. The lowest BCUT2D eigenvalue weighted by Gasteiger charge is -2.30. The third-order valence-corrected chi connectivity index (χ3v) is 4.65. The second kappa shape index (κ2) is 7.51. The first-order chi connectivity index (χ1) is 11.9. The molecule has 1 aromatic rings. The Hall–Kier alpha value is -2.63. The standard InChI is InChI=1S/C19H23NO5/c1-5-11-19(3)15(17(22)24-4)20(13(2)16(19)21)18(23)25-12-14-9-7-6-8-10-14/h5-10,13,15H,1,11-12H2,2-4H3/t13-,15-,19+/m1/s1. The van der Waals surface area contributed by atoms with Crippen molar-refractivity contribution in [2.75, 3.05) is 7.11 Å². The van der Waals surface area contributed by atoms with Gasteiger partial charge in [0, 0.05) is 0 Å². The molecule has 6 nitrogen and oxygen atoms in total. The van der Waals surface area contributed by atoms with Crippen LogP contribution in [0, 0.1) is 5.41 Å². The number of rotatable bonds is 5. The predicted molar refractivity (Wildman–Crippen MR) is 91.7 cm³/mol. The number of carbonyl (C=O) groups is 3. The fourth-order valence-electron chi connectivity index (χ4n) is 3.32. The van der Waals surface area contributed by atoms with Crippen molar-refractivity contribution in [3.8, 4) is 0 Å². The summed E-state index contributed by atoms with van der Waals surface area (Å²) in [6, 6.07) is 7.36.